The lowest BCUT2D eigenvalue weighted by Gasteiger charge is -2.11. The lowest BCUT2D eigenvalue weighted by molar-refractivity contribution is 0.297. The molecule has 1 aromatic carbocycles. The summed E-state index contributed by atoms with van der Waals surface area (Å²) in [7, 11) is 0. The summed E-state index contributed by atoms with van der Waals surface area (Å²) >= 11 is 0. The predicted molar refractivity (Wildman–Crippen MR) is 91.8 cm³/mol. The fourth-order valence-corrected chi connectivity index (χ4v) is 3.06. The third-order valence-electron chi connectivity index (χ3n) is 4.35. The second kappa shape index (κ2) is 5.95. The standard InChI is InChI=1S/C19H17F2N3O/c1-3-25-11(2)17-7-13(10-22-23-17)18-8-12-6-15(20)16(21)9-19(12)24(18)14-4-5-14/h6-10,14H,2-5H2,1H3. The molecule has 0 amide bonds. The zero-order chi connectivity index (χ0) is 17.6. The fraction of sp³-hybridized carbons (Fsp3) is 0.263. The topological polar surface area (TPSA) is 39.9 Å². The van der Waals surface area contributed by atoms with Crippen molar-refractivity contribution in [3.05, 3.63) is 54.4 Å². The maximum atomic E-state index is 13.7. The van der Waals surface area contributed by atoms with Crippen LogP contribution in [0.2, 0.25) is 0 Å². The Morgan fingerprint density at radius 2 is 2.00 bits per heavy atom. The van der Waals surface area contributed by atoms with Crippen LogP contribution in [0.25, 0.3) is 27.9 Å². The number of benzene rings is 1. The number of fused-ring (bicyclic) bond motifs is 1. The van der Waals surface area contributed by atoms with E-state index in [4.69, 9.17) is 4.74 Å². The molecule has 6 heteroatoms. The summed E-state index contributed by atoms with van der Waals surface area (Å²) in [6.07, 6.45) is 3.68. The average Bonchev–Trinajstić information content (AvgIpc) is 3.38. The van der Waals surface area contributed by atoms with Crippen LogP contribution in [0, 0.1) is 11.6 Å². The molecule has 0 saturated heterocycles. The van der Waals surface area contributed by atoms with Crippen molar-refractivity contribution in [2.75, 3.05) is 6.61 Å². The molecule has 0 N–H and O–H groups in total. The van der Waals surface area contributed by atoms with Crippen LogP contribution in [-0.2, 0) is 4.74 Å². The molecule has 0 spiro atoms. The van der Waals surface area contributed by atoms with Gasteiger partial charge in [0.2, 0.25) is 0 Å². The first-order chi connectivity index (χ1) is 12.1. The lowest BCUT2D eigenvalue weighted by Crippen LogP contribution is -2.00. The Bertz CT molecular complexity index is 976. The number of rotatable bonds is 5. The Balaban J connectivity index is 1.88. The Hall–Kier alpha value is -2.76. The van der Waals surface area contributed by atoms with Crippen LogP contribution in [-0.4, -0.2) is 21.4 Å². The van der Waals surface area contributed by atoms with Gasteiger partial charge in [0.05, 0.1) is 24.0 Å². The maximum Gasteiger partial charge on any atom is 0.160 e. The van der Waals surface area contributed by atoms with Crippen molar-refractivity contribution >= 4 is 16.7 Å². The minimum absolute atomic E-state index is 0.295. The largest absolute Gasteiger partial charge is 0.492 e. The first-order valence-corrected chi connectivity index (χ1v) is 8.23. The molecule has 0 unspecified atom stereocenters. The SMILES string of the molecule is C=C(OCC)c1cc(-c2cc3cc(F)c(F)cc3n2C2CC2)cnn1. The molecule has 4 nitrogen and oxygen atoms in total. The molecule has 1 fully saturated rings. The zero-order valence-corrected chi connectivity index (χ0v) is 13.8. The second-order valence-corrected chi connectivity index (χ2v) is 6.14. The third-order valence-corrected chi connectivity index (χ3v) is 4.35. The van der Waals surface area contributed by atoms with Gasteiger partial charge in [-0.15, -0.1) is 5.10 Å². The normalized spacial score (nSPS) is 14.0. The first-order valence-electron chi connectivity index (χ1n) is 8.23. The highest BCUT2D eigenvalue weighted by molar-refractivity contribution is 5.87. The molecule has 1 saturated carbocycles. The number of ether oxygens (including phenoxy) is 1. The maximum absolute atomic E-state index is 13.7. The molecule has 128 valence electrons. The van der Waals surface area contributed by atoms with Crippen LogP contribution in [0.5, 0.6) is 0 Å². The van der Waals surface area contributed by atoms with Gasteiger partial charge in [-0.3, -0.25) is 0 Å². The van der Waals surface area contributed by atoms with Gasteiger partial charge in [0, 0.05) is 23.1 Å². The van der Waals surface area contributed by atoms with Gasteiger partial charge in [0.15, 0.2) is 11.6 Å². The molecule has 1 aliphatic carbocycles. The molecular formula is C19H17F2N3O. The lowest BCUT2D eigenvalue weighted by atomic mass is 10.1. The van der Waals surface area contributed by atoms with E-state index in [0.29, 0.717) is 35.0 Å². The highest BCUT2D eigenvalue weighted by Gasteiger charge is 2.28. The first kappa shape index (κ1) is 15.7. The van der Waals surface area contributed by atoms with Gasteiger partial charge in [-0.2, -0.15) is 5.10 Å². The van der Waals surface area contributed by atoms with Crippen LogP contribution < -0.4 is 0 Å². The van der Waals surface area contributed by atoms with Gasteiger partial charge in [-0.25, -0.2) is 8.78 Å². The Morgan fingerprint density at radius 1 is 1.24 bits per heavy atom. The smallest absolute Gasteiger partial charge is 0.160 e. The molecule has 2 heterocycles. The molecule has 0 atom stereocenters. The monoisotopic (exact) mass is 341 g/mol. The van der Waals surface area contributed by atoms with Crippen molar-refractivity contribution in [1.82, 2.24) is 14.8 Å². The van der Waals surface area contributed by atoms with Crippen LogP contribution >= 0.6 is 0 Å². The van der Waals surface area contributed by atoms with Crippen LogP contribution in [0.4, 0.5) is 8.78 Å². The molecule has 1 aliphatic rings. The van der Waals surface area contributed by atoms with Gasteiger partial charge in [0.1, 0.15) is 11.5 Å². The molecular weight excluding hydrogens is 324 g/mol. The summed E-state index contributed by atoms with van der Waals surface area (Å²) in [5, 5.41) is 8.76. The van der Waals surface area contributed by atoms with E-state index in [0.717, 1.165) is 24.1 Å². The number of aromatic nitrogens is 3. The molecule has 2 aromatic heterocycles. The minimum Gasteiger partial charge on any atom is -0.492 e. The van der Waals surface area contributed by atoms with E-state index in [1.165, 1.54) is 12.1 Å². The summed E-state index contributed by atoms with van der Waals surface area (Å²) in [4.78, 5) is 0. The highest BCUT2D eigenvalue weighted by Crippen LogP contribution is 2.43. The quantitative estimate of drug-likeness (QED) is 0.631. The summed E-state index contributed by atoms with van der Waals surface area (Å²) in [6.45, 7) is 6.22. The summed E-state index contributed by atoms with van der Waals surface area (Å²) < 4.78 is 34.8. The molecule has 3 aromatic rings. The van der Waals surface area contributed by atoms with Gasteiger partial charge in [0.25, 0.3) is 0 Å². The van der Waals surface area contributed by atoms with Gasteiger partial charge in [-0.05, 0) is 38.0 Å². The molecule has 0 bridgehead atoms. The summed E-state index contributed by atoms with van der Waals surface area (Å²) in [5.74, 6) is -1.23. The van der Waals surface area contributed by atoms with E-state index < -0.39 is 11.6 Å². The molecule has 4 rings (SSSR count). The Labute approximate surface area is 143 Å². The predicted octanol–water partition coefficient (Wildman–Crippen LogP) is 4.72. The van der Waals surface area contributed by atoms with Gasteiger partial charge < -0.3 is 9.30 Å². The summed E-state index contributed by atoms with van der Waals surface area (Å²) in [5.41, 5.74) is 2.92. The number of halogens is 2. The molecule has 0 aliphatic heterocycles. The third kappa shape index (κ3) is 2.77. The summed E-state index contributed by atoms with van der Waals surface area (Å²) in [6, 6.07) is 6.50. The highest BCUT2D eigenvalue weighted by atomic mass is 19.2. The van der Waals surface area contributed by atoms with Crippen molar-refractivity contribution in [3.8, 4) is 11.3 Å². The van der Waals surface area contributed by atoms with Gasteiger partial charge in [-0.1, -0.05) is 6.58 Å². The van der Waals surface area contributed by atoms with E-state index in [9.17, 15) is 8.78 Å². The van der Waals surface area contributed by atoms with E-state index in [1.807, 2.05) is 19.1 Å². The van der Waals surface area contributed by atoms with E-state index in [2.05, 4.69) is 21.3 Å². The number of hydrogen-bond donors (Lipinski definition) is 0. The van der Waals surface area contributed by atoms with Crippen molar-refractivity contribution in [2.45, 2.75) is 25.8 Å². The van der Waals surface area contributed by atoms with Crippen molar-refractivity contribution in [2.24, 2.45) is 0 Å². The zero-order valence-electron chi connectivity index (χ0n) is 13.8. The van der Waals surface area contributed by atoms with Crippen LogP contribution in [0.3, 0.4) is 0 Å². The Morgan fingerprint density at radius 3 is 2.72 bits per heavy atom. The van der Waals surface area contributed by atoms with Crippen LogP contribution in [0.1, 0.15) is 31.5 Å². The van der Waals surface area contributed by atoms with Crippen molar-refractivity contribution < 1.29 is 13.5 Å². The van der Waals surface area contributed by atoms with Crippen molar-refractivity contribution in [3.63, 3.8) is 0 Å². The second-order valence-electron chi connectivity index (χ2n) is 6.14. The van der Waals surface area contributed by atoms with E-state index in [1.54, 1.807) is 6.20 Å². The fourth-order valence-electron chi connectivity index (χ4n) is 3.06. The van der Waals surface area contributed by atoms with Crippen molar-refractivity contribution in [1.29, 1.82) is 0 Å². The molecule has 0 radical (unpaired) electrons. The van der Waals surface area contributed by atoms with Crippen LogP contribution in [0.15, 0.2) is 37.0 Å². The minimum atomic E-state index is -0.842. The number of nitrogens with zero attached hydrogens (tertiary/aromatic N) is 3. The molecule has 25 heavy (non-hydrogen) atoms. The van der Waals surface area contributed by atoms with E-state index in [-0.39, 0.29) is 0 Å². The number of hydrogen-bond acceptors (Lipinski definition) is 3. The average molecular weight is 341 g/mol. The van der Waals surface area contributed by atoms with E-state index >= 15 is 0 Å². The van der Waals surface area contributed by atoms with Gasteiger partial charge >= 0.3 is 0 Å². The Kier molecular flexibility index (Phi) is 3.75.